The molecule has 0 saturated carbocycles. The lowest BCUT2D eigenvalue weighted by Crippen LogP contribution is -2.55. The molecule has 1 aliphatic rings. The molecule has 0 radical (unpaired) electrons. The molecule has 1 atom stereocenters. The van der Waals surface area contributed by atoms with Gasteiger partial charge in [-0.2, -0.15) is 0 Å². The standard InChI is InChI=1S/C36H40N6O2S/c1-4-5-7-10-27-14-16-29(17-15-27)35(44)41-20-19-40(22-26(41)3)32(43)24-45-36-37-34-33(38-39-36)30-21-25(2)13-18-31(30)42(34)23-28-11-8-6-9-12-28/h6,8-9,11-18,21,26H,4-5,7,10,19-20,22-24H2,1-3H3. The summed E-state index contributed by atoms with van der Waals surface area (Å²) in [6.45, 7) is 8.47. The van der Waals surface area contributed by atoms with Crippen molar-refractivity contribution in [2.75, 3.05) is 25.4 Å². The number of fused-ring (bicyclic) bond motifs is 3. The first-order valence-corrected chi connectivity index (χ1v) is 16.9. The van der Waals surface area contributed by atoms with Crippen LogP contribution in [0, 0.1) is 6.92 Å². The molecule has 6 rings (SSSR count). The Morgan fingerprint density at radius 2 is 1.73 bits per heavy atom. The molecule has 8 nitrogen and oxygen atoms in total. The Hall–Kier alpha value is -4.24. The summed E-state index contributed by atoms with van der Waals surface area (Å²) in [6.07, 6.45) is 4.64. The van der Waals surface area contributed by atoms with E-state index in [0.29, 0.717) is 36.9 Å². The maximum Gasteiger partial charge on any atom is 0.254 e. The van der Waals surface area contributed by atoms with Gasteiger partial charge in [-0.1, -0.05) is 85.6 Å². The molecule has 232 valence electrons. The highest BCUT2D eigenvalue weighted by molar-refractivity contribution is 7.99. The highest BCUT2D eigenvalue weighted by Gasteiger charge is 2.30. The van der Waals surface area contributed by atoms with Crippen molar-refractivity contribution >= 4 is 45.6 Å². The molecular formula is C36H40N6O2S. The highest BCUT2D eigenvalue weighted by Crippen LogP contribution is 2.29. The van der Waals surface area contributed by atoms with Crippen LogP contribution in [0.3, 0.4) is 0 Å². The second kappa shape index (κ2) is 13.8. The predicted molar refractivity (Wildman–Crippen MR) is 181 cm³/mol. The van der Waals surface area contributed by atoms with Crippen LogP contribution in [0.4, 0.5) is 0 Å². The predicted octanol–water partition coefficient (Wildman–Crippen LogP) is 6.53. The number of piperazine rings is 1. The molecule has 0 spiro atoms. The minimum absolute atomic E-state index is 0.0135. The summed E-state index contributed by atoms with van der Waals surface area (Å²) in [7, 11) is 0. The SMILES string of the molecule is CCCCCc1ccc(C(=O)N2CCN(C(=O)CSc3nnc4c5cc(C)ccc5n(Cc5ccccc5)c4n3)CC2C)cc1. The first kappa shape index (κ1) is 30.8. The van der Waals surface area contributed by atoms with Crippen LogP contribution in [0.5, 0.6) is 0 Å². The number of aryl methyl sites for hydroxylation is 2. The second-order valence-electron chi connectivity index (χ2n) is 12.0. The Balaban J connectivity index is 1.10. The van der Waals surface area contributed by atoms with Crippen LogP contribution in [0.1, 0.15) is 60.2 Å². The highest BCUT2D eigenvalue weighted by atomic mass is 32.2. The number of aromatic nitrogens is 4. The summed E-state index contributed by atoms with van der Waals surface area (Å²) >= 11 is 1.31. The monoisotopic (exact) mass is 620 g/mol. The fourth-order valence-electron chi connectivity index (χ4n) is 6.10. The van der Waals surface area contributed by atoms with Crippen LogP contribution in [0.2, 0.25) is 0 Å². The Bertz CT molecular complexity index is 1800. The molecule has 2 amide bonds. The lowest BCUT2D eigenvalue weighted by atomic mass is 10.0. The molecule has 1 unspecified atom stereocenters. The largest absolute Gasteiger partial charge is 0.338 e. The number of unbranched alkanes of at least 4 members (excludes halogenated alkanes) is 2. The maximum absolute atomic E-state index is 13.3. The smallest absolute Gasteiger partial charge is 0.254 e. The van der Waals surface area contributed by atoms with Gasteiger partial charge in [-0.25, -0.2) is 4.98 Å². The van der Waals surface area contributed by atoms with Crippen molar-refractivity contribution in [2.45, 2.75) is 64.2 Å². The van der Waals surface area contributed by atoms with Crippen molar-refractivity contribution in [3.05, 3.63) is 95.1 Å². The lowest BCUT2D eigenvalue weighted by Gasteiger charge is -2.40. The van der Waals surface area contributed by atoms with E-state index in [4.69, 9.17) is 4.98 Å². The quantitative estimate of drug-likeness (QED) is 0.130. The Kier molecular flexibility index (Phi) is 9.45. The second-order valence-corrected chi connectivity index (χ2v) is 12.9. The van der Waals surface area contributed by atoms with Gasteiger partial charge in [0.05, 0.1) is 11.3 Å². The molecule has 3 heterocycles. The molecule has 0 aliphatic carbocycles. The molecule has 1 aliphatic heterocycles. The van der Waals surface area contributed by atoms with E-state index in [2.05, 4.69) is 71.1 Å². The molecular weight excluding hydrogens is 581 g/mol. The normalized spacial score (nSPS) is 15.2. The van der Waals surface area contributed by atoms with Crippen molar-refractivity contribution in [3.63, 3.8) is 0 Å². The van der Waals surface area contributed by atoms with E-state index in [1.54, 1.807) is 0 Å². The van der Waals surface area contributed by atoms with Crippen molar-refractivity contribution in [3.8, 4) is 0 Å². The molecule has 45 heavy (non-hydrogen) atoms. The van der Waals surface area contributed by atoms with E-state index in [9.17, 15) is 9.59 Å². The summed E-state index contributed by atoms with van der Waals surface area (Å²) in [5.41, 5.74) is 6.89. The van der Waals surface area contributed by atoms with Crippen molar-refractivity contribution in [1.82, 2.24) is 29.5 Å². The van der Waals surface area contributed by atoms with Gasteiger partial charge in [-0.3, -0.25) is 9.59 Å². The van der Waals surface area contributed by atoms with Gasteiger partial charge in [0.1, 0.15) is 5.52 Å². The van der Waals surface area contributed by atoms with Crippen molar-refractivity contribution < 1.29 is 9.59 Å². The van der Waals surface area contributed by atoms with Gasteiger partial charge in [0.2, 0.25) is 11.1 Å². The fourth-order valence-corrected chi connectivity index (χ4v) is 6.79. The molecule has 0 bridgehead atoms. The van der Waals surface area contributed by atoms with E-state index >= 15 is 0 Å². The summed E-state index contributed by atoms with van der Waals surface area (Å²) in [5.74, 6) is 0.253. The van der Waals surface area contributed by atoms with Crippen LogP contribution in [0.15, 0.2) is 78.0 Å². The lowest BCUT2D eigenvalue weighted by molar-refractivity contribution is -0.130. The molecule has 0 N–H and O–H groups in total. The Labute approximate surface area is 268 Å². The number of carbonyl (C=O) groups is 2. The first-order valence-electron chi connectivity index (χ1n) is 15.9. The Morgan fingerprint density at radius 1 is 0.933 bits per heavy atom. The zero-order chi connectivity index (χ0) is 31.3. The molecule has 3 aromatic carbocycles. The van der Waals surface area contributed by atoms with Gasteiger partial charge in [0.25, 0.3) is 5.91 Å². The summed E-state index contributed by atoms with van der Waals surface area (Å²) in [4.78, 5) is 35.2. The van der Waals surface area contributed by atoms with Gasteiger partial charge in [0, 0.05) is 43.2 Å². The van der Waals surface area contributed by atoms with E-state index in [1.807, 2.05) is 47.1 Å². The van der Waals surface area contributed by atoms with Crippen LogP contribution in [-0.4, -0.2) is 72.8 Å². The number of nitrogens with zero attached hydrogens (tertiary/aromatic N) is 6. The Morgan fingerprint density at radius 3 is 2.49 bits per heavy atom. The van der Waals surface area contributed by atoms with E-state index in [0.717, 1.165) is 34.1 Å². The summed E-state index contributed by atoms with van der Waals surface area (Å²) in [5, 5.41) is 10.5. The maximum atomic E-state index is 13.3. The molecule has 1 saturated heterocycles. The van der Waals surface area contributed by atoms with E-state index < -0.39 is 0 Å². The van der Waals surface area contributed by atoms with Crippen LogP contribution >= 0.6 is 11.8 Å². The van der Waals surface area contributed by atoms with Crippen LogP contribution in [-0.2, 0) is 17.8 Å². The molecule has 9 heteroatoms. The van der Waals surface area contributed by atoms with Crippen molar-refractivity contribution in [2.24, 2.45) is 0 Å². The molecule has 2 aromatic heterocycles. The third-order valence-corrected chi connectivity index (χ3v) is 9.44. The van der Waals surface area contributed by atoms with Crippen molar-refractivity contribution in [1.29, 1.82) is 0 Å². The van der Waals surface area contributed by atoms with Crippen LogP contribution in [0.25, 0.3) is 22.1 Å². The van der Waals surface area contributed by atoms with Gasteiger partial charge in [-0.05, 0) is 62.1 Å². The number of benzene rings is 3. The fraction of sp³-hybridized carbons (Fsp3) is 0.361. The van der Waals surface area contributed by atoms with Gasteiger partial charge in [-0.15, -0.1) is 10.2 Å². The molecule has 1 fully saturated rings. The number of rotatable bonds is 10. The van der Waals surface area contributed by atoms with Gasteiger partial charge in [0.15, 0.2) is 5.65 Å². The zero-order valence-electron chi connectivity index (χ0n) is 26.3. The topological polar surface area (TPSA) is 84.2 Å². The van der Waals surface area contributed by atoms with Gasteiger partial charge >= 0.3 is 0 Å². The third-order valence-electron chi connectivity index (χ3n) is 8.62. The molecule has 5 aromatic rings. The van der Waals surface area contributed by atoms with E-state index in [-0.39, 0.29) is 23.6 Å². The number of hydrogen-bond donors (Lipinski definition) is 0. The van der Waals surface area contributed by atoms with E-state index in [1.165, 1.54) is 42.2 Å². The first-order chi connectivity index (χ1) is 21.9. The number of carbonyl (C=O) groups excluding carboxylic acids is 2. The average molecular weight is 621 g/mol. The minimum Gasteiger partial charge on any atom is -0.338 e. The number of amides is 2. The zero-order valence-corrected chi connectivity index (χ0v) is 27.1. The number of thioether (sulfide) groups is 1. The van der Waals surface area contributed by atoms with Gasteiger partial charge < -0.3 is 14.4 Å². The third kappa shape index (κ3) is 6.88. The average Bonchev–Trinajstić information content (AvgIpc) is 3.35. The summed E-state index contributed by atoms with van der Waals surface area (Å²) < 4.78 is 2.18. The minimum atomic E-state index is -0.0733. The van der Waals surface area contributed by atoms with Crippen LogP contribution < -0.4 is 0 Å². The number of hydrogen-bond acceptors (Lipinski definition) is 6. The summed E-state index contributed by atoms with van der Waals surface area (Å²) in [6, 6.07) is 24.6.